The molecule has 0 saturated heterocycles. The second-order valence-electron chi connectivity index (χ2n) is 8.29. The molecule has 9 heteroatoms. The highest BCUT2D eigenvalue weighted by atomic mass is 19.1. The Morgan fingerprint density at radius 2 is 1.74 bits per heavy atom. The molecule has 8 nitrogen and oxygen atoms in total. The number of anilines is 2. The molecule has 1 aromatic heterocycles. The number of hydrogen-bond acceptors (Lipinski definition) is 6. The van der Waals surface area contributed by atoms with E-state index in [0.717, 1.165) is 11.4 Å². The van der Waals surface area contributed by atoms with Gasteiger partial charge < -0.3 is 19.7 Å². The van der Waals surface area contributed by atoms with Gasteiger partial charge in [-0.1, -0.05) is 24.3 Å². The van der Waals surface area contributed by atoms with E-state index in [0.29, 0.717) is 17.2 Å². The van der Waals surface area contributed by atoms with Gasteiger partial charge in [0.15, 0.2) is 5.78 Å². The van der Waals surface area contributed by atoms with Crippen LogP contribution >= 0.6 is 0 Å². The van der Waals surface area contributed by atoms with Crippen LogP contribution < -0.4 is 15.1 Å². The number of aryl methyl sites for hydroxylation is 1. The Kier molecular flexibility index (Phi) is 6.64. The van der Waals surface area contributed by atoms with E-state index in [1.807, 2.05) is 30.3 Å². The largest absolute Gasteiger partial charge is 0.342 e. The van der Waals surface area contributed by atoms with Gasteiger partial charge in [-0.25, -0.2) is 9.37 Å². The third-order valence-corrected chi connectivity index (χ3v) is 6.04. The summed E-state index contributed by atoms with van der Waals surface area (Å²) in [5.74, 6) is -0.258. The van der Waals surface area contributed by atoms with E-state index in [-0.39, 0.29) is 18.4 Å². The Bertz CT molecular complexity index is 1320. The standard InChI is InChI=1S/C26H25FN6O2/c1-31-14-13-29-25(31)24(17-7-6-8-18(27)15-17)30-23(35)12-11-22(34)19(16-28)26-32(2)20-9-4-5-10-21(20)33(26)3/h4-10,13-15,24H,11-12H2,1-3H3,(H,30,35). The number of ketones is 1. The second-order valence-corrected chi connectivity index (χ2v) is 8.29. The fourth-order valence-electron chi connectivity index (χ4n) is 4.28. The average molecular weight is 473 g/mol. The monoisotopic (exact) mass is 472 g/mol. The number of carbonyl (C=O) groups is 2. The molecule has 2 heterocycles. The van der Waals surface area contributed by atoms with E-state index in [1.54, 1.807) is 60.0 Å². The van der Waals surface area contributed by atoms with E-state index >= 15 is 0 Å². The van der Waals surface area contributed by atoms with E-state index in [1.165, 1.54) is 12.1 Å². The van der Waals surface area contributed by atoms with Gasteiger partial charge in [-0.3, -0.25) is 9.59 Å². The molecule has 1 amide bonds. The lowest BCUT2D eigenvalue weighted by Gasteiger charge is -2.20. The zero-order valence-electron chi connectivity index (χ0n) is 19.7. The molecule has 3 aromatic rings. The van der Waals surface area contributed by atoms with Gasteiger partial charge >= 0.3 is 0 Å². The van der Waals surface area contributed by atoms with Crippen molar-refractivity contribution in [2.24, 2.45) is 7.05 Å². The van der Waals surface area contributed by atoms with E-state index in [2.05, 4.69) is 10.3 Å². The number of carbonyl (C=O) groups excluding carboxylic acids is 2. The van der Waals surface area contributed by atoms with Crippen molar-refractivity contribution in [1.82, 2.24) is 14.9 Å². The first-order valence-corrected chi connectivity index (χ1v) is 11.1. The van der Waals surface area contributed by atoms with Crippen LogP contribution in [0.1, 0.15) is 30.3 Å². The van der Waals surface area contributed by atoms with Crippen LogP contribution in [0.2, 0.25) is 0 Å². The normalized spacial score (nSPS) is 13.3. The Labute approximate surface area is 202 Å². The van der Waals surface area contributed by atoms with E-state index in [9.17, 15) is 19.2 Å². The van der Waals surface area contributed by atoms with Gasteiger partial charge in [-0.15, -0.1) is 0 Å². The van der Waals surface area contributed by atoms with Gasteiger partial charge in [-0.05, 0) is 29.8 Å². The summed E-state index contributed by atoms with van der Waals surface area (Å²) >= 11 is 0. The number of allylic oxidation sites excluding steroid dienone is 1. The maximum atomic E-state index is 13.9. The van der Waals surface area contributed by atoms with Crippen molar-refractivity contribution in [2.75, 3.05) is 23.9 Å². The molecule has 0 radical (unpaired) electrons. The van der Waals surface area contributed by atoms with Crippen molar-refractivity contribution in [3.05, 3.63) is 89.5 Å². The summed E-state index contributed by atoms with van der Waals surface area (Å²) in [4.78, 5) is 33.8. The number of Topliss-reactive ketones (excluding diaryl/α,β-unsaturated/α-hetero) is 1. The number of nitrogens with zero attached hydrogens (tertiary/aromatic N) is 5. The molecule has 4 rings (SSSR count). The third kappa shape index (κ3) is 4.64. The predicted molar refractivity (Wildman–Crippen MR) is 130 cm³/mol. The fraction of sp³-hybridized carbons (Fsp3) is 0.231. The maximum absolute atomic E-state index is 13.9. The average Bonchev–Trinajstić information content (AvgIpc) is 3.38. The highest BCUT2D eigenvalue weighted by Gasteiger charge is 2.31. The first-order valence-electron chi connectivity index (χ1n) is 11.1. The van der Waals surface area contributed by atoms with Crippen LogP contribution in [-0.2, 0) is 16.6 Å². The number of fused-ring (bicyclic) bond motifs is 1. The van der Waals surface area contributed by atoms with Gasteiger partial charge in [0, 0.05) is 46.4 Å². The van der Waals surface area contributed by atoms with Crippen molar-refractivity contribution in [1.29, 1.82) is 5.26 Å². The lowest BCUT2D eigenvalue weighted by molar-refractivity contribution is -0.124. The van der Waals surface area contributed by atoms with Crippen molar-refractivity contribution in [3.8, 4) is 6.07 Å². The summed E-state index contributed by atoms with van der Waals surface area (Å²) in [5.41, 5.74) is 2.29. The van der Waals surface area contributed by atoms with Crippen LogP contribution in [0, 0.1) is 17.1 Å². The number of nitriles is 1. The minimum atomic E-state index is -0.691. The number of rotatable bonds is 7. The Hall–Kier alpha value is -4.45. The SMILES string of the molecule is CN1C(=C(C#N)C(=O)CCC(=O)NC(c2cccc(F)c2)c2nccn2C)N(C)c2ccccc21. The summed E-state index contributed by atoms with van der Waals surface area (Å²) in [5, 5.41) is 12.6. The Balaban J connectivity index is 1.50. The molecule has 2 aromatic carbocycles. The van der Waals surface area contributed by atoms with Gasteiger partial charge in [0.2, 0.25) is 5.91 Å². The second kappa shape index (κ2) is 9.81. The highest BCUT2D eigenvalue weighted by Crippen LogP contribution is 2.40. The van der Waals surface area contributed by atoms with E-state index in [4.69, 9.17) is 0 Å². The van der Waals surface area contributed by atoms with Crippen LogP contribution in [0.25, 0.3) is 0 Å². The number of aromatic nitrogens is 2. The third-order valence-electron chi connectivity index (χ3n) is 6.04. The number of halogens is 1. The molecule has 1 aliphatic heterocycles. The van der Waals surface area contributed by atoms with Crippen molar-refractivity contribution >= 4 is 23.1 Å². The molecule has 0 saturated carbocycles. The molecule has 35 heavy (non-hydrogen) atoms. The molecule has 1 unspecified atom stereocenters. The minimum absolute atomic E-state index is 0.00946. The summed E-state index contributed by atoms with van der Waals surface area (Å²) in [7, 11) is 5.37. The summed E-state index contributed by atoms with van der Waals surface area (Å²) in [6.45, 7) is 0. The van der Waals surface area contributed by atoms with Crippen molar-refractivity contribution in [3.63, 3.8) is 0 Å². The molecular weight excluding hydrogens is 447 g/mol. The molecule has 0 aliphatic carbocycles. The Morgan fingerprint density at radius 1 is 1.06 bits per heavy atom. The smallest absolute Gasteiger partial charge is 0.221 e. The van der Waals surface area contributed by atoms with Gasteiger partial charge in [0.1, 0.15) is 35.1 Å². The lowest BCUT2D eigenvalue weighted by atomic mass is 10.0. The quantitative estimate of drug-likeness (QED) is 0.418. The molecule has 0 bridgehead atoms. The van der Waals surface area contributed by atoms with Crippen LogP contribution in [0.4, 0.5) is 15.8 Å². The van der Waals surface area contributed by atoms with Gasteiger partial charge in [0.05, 0.1) is 11.4 Å². The van der Waals surface area contributed by atoms with Crippen molar-refractivity contribution < 1.29 is 14.0 Å². The molecule has 0 spiro atoms. The summed E-state index contributed by atoms with van der Waals surface area (Å²) in [6.07, 6.45) is 3.05. The minimum Gasteiger partial charge on any atom is -0.342 e. The number of benzene rings is 2. The molecule has 178 valence electrons. The number of amides is 1. The molecular formula is C26H25FN6O2. The molecule has 0 fully saturated rings. The first-order chi connectivity index (χ1) is 16.8. The number of nitrogens with one attached hydrogen (secondary N) is 1. The zero-order valence-corrected chi connectivity index (χ0v) is 19.7. The highest BCUT2D eigenvalue weighted by molar-refractivity contribution is 6.03. The molecule has 1 N–H and O–H groups in total. The summed E-state index contributed by atoms with van der Waals surface area (Å²) < 4.78 is 15.6. The van der Waals surface area contributed by atoms with E-state index < -0.39 is 23.5 Å². The molecule has 1 aliphatic rings. The lowest BCUT2D eigenvalue weighted by Crippen LogP contribution is -2.31. The predicted octanol–water partition coefficient (Wildman–Crippen LogP) is 3.44. The number of imidazole rings is 1. The van der Waals surface area contributed by atoms with Gasteiger partial charge in [0.25, 0.3) is 0 Å². The number of hydrogen-bond donors (Lipinski definition) is 1. The van der Waals surface area contributed by atoms with Crippen LogP contribution in [-0.4, -0.2) is 35.3 Å². The zero-order chi connectivity index (χ0) is 25.1. The fourth-order valence-corrected chi connectivity index (χ4v) is 4.28. The maximum Gasteiger partial charge on any atom is 0.221 e. The van der Waals surface area contributed by atoms with Crippen molar-refractivity contribution in [2.45, 2.75) is 18.9 Å². The van der Waals surface area contributed by atoms with Crippen LogP contribution in [0.5, 0.6) is 0 Å². The number of para-hydroxylation sites is 2. The van der Waals surface area contributed by atoms with Gasteiger partial charge in [-0.2, -0.15) is 5.26 Å². The Morgan fingerprint density at radius 3 is 2.31 bits per heavy atom. The van der Waals surface area contributed by atoms with Crippen LogP contribution in [0.3, 0.4) is 0 Å². The van der Waals surface area contributed by atoms with Crippen LogP contribution in [0.15, 0.2) is 72.3 Å². The topological polar surface area (TPSA) is 94.3 Å². The summed E-state index contributed by atoms with van der Waals surface area (Å²) in [6, 6.07) is 14.9. The molecule has 1 atom stereocenters. The first kappa shape index (κ1) is 23.7.